The maximum absolute atomic E-state index is 11.5. The van der Waals surface area contributed by atoms with E-state index in [1.165, 1.54) is 32.1 Å². The van der Waals surface area contributed by atoms with Crippen molar-refractivity contribution in [2.24, 2.45) is 39.7 Å². The van der Waals surface area contributed by atoms with Crippen LogP contribution in [0.5, 0.6) is 0 Å². The van der Waals surface area contributed by atoms with E-state index in [0.717, 1.165) is 36.8 Å². The minimum atomic E-state index is -0.126. The number of nitrogens with zero attached hydrogens (tertiary/aromatic N) is 1. The first-order valence-corrected chi connectivity index (χ1v) is 9.75. The highest BCUT2D eigenvalue weighted by Crippen LogP contribution is 2.66. The molecule has 1 N–H and O–H groups in total. The smallest absolute Gasteiger partial charge is 0.302 e. The Morgan fingerprint density at radius 1 is 1.12 bits per heavy atom. The Labute approximate surface area is 145 Å². The van der Waals surface area contributed by atoms with Crippen LogP contribution < -0.4 is 0 Å². The van der Waals surface area contributed by atoms with E-state index in [2.05, 4.69) is 19.0 Å². The van der Waals surface area contributed by atoms with Crippen LogP contribution in [0, 0.1) is 34.5 Å². The number of carbonyl (C=O) groups excluding carboxylic acids is 1. The lowest BCUT2D eigenvalue weighted by atomic mass is 9.48. The third-order valence-electron chi connectivity index (χ3n) is 8.49. The fourth-order valence-corrected chi connectivity index (χ4v) is 7.36. The predicted molar refractivity (Wildman–Crippen MR) is 91.9 cm³/mol. The van der Waals surface area contributed by atoms with E-state index in [1.807, 2.05) is 0 Å². The zero-order valence-electron chi connectivity index (χ0n) is 15.3. The van der Waals surface area contributed by atoms with Crippen molar-refractivity contribution in [2.75, 3.05) is 0 Å². The maximum Gasteiger partial charge on any atom is 0.302 e. The van der Waals surface area contributed by atoms with Gasteiger partial charge in [-0.15, -0.1) is 0 Å². The zero-order chi connectivity index (χ0) is 17.1. The molecule has 0 aromatic carbocycles. The second-order valence-electron chi connectivity index (χ2n) is 9.42. The molecule has 4 aliphatic rings. The van der Waals surface area contributed by atoms with Crippen molar-refractivity contribution in [3.63, 3.8) is 0 Å². The minimum absolute atomic E-state index is 0.115. The molecule has 4 rings (SSSR count). The first kappa shape index (κ1) is 16.4. The molecule has 0 bridgehead atoms. The first-order valence-electron chi connectivity index (χ1n) is 9.75. The summed E-state index contributed by atoms with van der Waals surface area (Å²) in [6, 6.07) is 0. The van der Waals surface area contributed by atoms with Crippen LogP contribution in [0.3, 0.4) is 0 Å². The Bertz CT molecular complexity index is 573. The molecule has 0 heterocycles. The van der Waals surface area contributed by atoms with Gasteiger partial charge in [-0.2, -0.15) is 0 Å². The van der Waals surface area contributed by atoms with Crippen LogP contribution in [0.15, 0.2) is 5.16 Å². The van der Waals surface area contributed by atoms with E-state index in [4.69, 9.17) is 4.74 Å². The van der Waals surface area contributed by atoms with Crippen molar-refractivity contribution in [1.82, 2.24) is 0 Å². The van der Waals surface area contributed by atoms with Gasteiger partial charge in [0.2, 0.25) is 0 Å². The van der Waals surface area contributed by atoms with Crippen molar-refractivity contribution in [2.45, 2.75) is 78.2 Å². The molecule has 4 heteroatoms. The molecule has 4 saturated carbocycles. The molecule has 0 aromatic heterocycles. The molecule has 0 saturated heterocycles. The number of hydrogen-bond acceptors (Lipinski definition) is 4. The molecular formula is C20H31NO3. The van der Waals surface area contributed by atoms with Gasteiger partial charge < -0.3 is 9.94 Å². The second kappa shape index (κ2) is 5.47. The van der Waals surface area contributed by atoms with E-state index in [1.54, 1.807) is 6.92 Å². The number of ether oxygens (including phenoxy) is 1. The standard InChI is InChI=1S/C20H31NO3/c1-12(22)24-18-7-6-16-15-5-4-13-10-14(21-23)11-20(13,3)17(15)8-9-19(16,18)2/h13,15-18,23H,4-11H2,1-3H3/b21-14+/t13-,15-,16-,17-,18?,19-,20-/m0/s1. The maximum atomic E-state index is 11.5. The van der Waals surface area contributed by atoms with E-state index in [9.17, 15) is 10.0 Å². The van der Waals surface area contributed by atoms with Gasteiger partial charge in [0.15, 0.2) is 0 Å². The van der Waals surface area contributed by atoms with Gasteiger partial charge in [-0.25, -0.2) is 0 Å². The molecular weight excluding hydrogens is 302 g/mol. The van der Waals surface area contributed by atoms with Gasteiger partial charge in [0, 0.05) is 12.3 Å². The number of fused-ring (bicyclic) bond motifs is 5. The van der Waals surface area contributed by atoms with Gasteiger partial charge in [-0.3, -0.25) is 4.79 Å². The normalized spacial score (nSPS) is 51.8. The average Bonchev–Trinajstić information content (AvgIpc) is 3.04. The third kappa shape index (κ3) is 2.17. The van der Waals surface area contributed by atoms with Gasteiger partial charge in [-0.05, 0) is 80.5 Å². The predicted octanol–water partition coefficient (Wildman–Crippen LogP) is 4.40. The molecule has 1 unspecified atom stereocenters. The summed E-state index contributed by atoms with van der Waals surface area (Å²) in [6.07, 6.45) is 9.31. The second-order valence-corrected chi connectivity index (χ2v) is 9.42. The largest absolute Gasteiger partial charge is 0.462 e. The van der Waals surface area contributed by atoms with Gasteiger partial charge in [0.05, 0.1) is 5.71 Å². The van der Waals surface area contributed by atoms with E-state index < -0.39 is 0 Å². The minimum Gasteiger partial charge on any atom is -0.462 e. The summed E-state index contributed by atoms with van der Waals surface area (Å²) in [5.41, 5.74) is 1.49. The van der Waals surface area contributed by atoms with E-state index in [-0.39, 0.29) is 17.5 Å². The Morgan fingerprint density at radius 3 is 2.58 bits per heavy atom. The van der Waals surface area contributed by atoms with Crippen molar-refractivity contribution in [3.05, 3.63) is 0 Å². The molecule has 0 radical (unpaired) electrons. The average molecular weight is 333 g/mol. The van der Waals surface area contributed by atoms with Crippen molar-refractivity contribution in [1.29, 1.82) is 0 Å². The molecule has 4 aliphatic carbocycles. The van der Waals surface area contributed by atoms with Gasteiger partial charge >= 0.3 is 5.97 Å². The van der Waals surface area contributed by atoms with Crippen molar-refractivity contribution >= 4 is 11.7 Å². The molecule has 0 spiro atoms. The van der Waals surface area contributed by atoms with Crippen molar-refractivity contribution < 1.29 is 14.7 Å². The number of rotatable bonds is 1. The summed E-state index contributed by atoms with van der Waals surface area (Å²) in [7, 11) is 0. The summed E-state index contributed by atoms with van der Waals surface area (Å²) in [5.74, 6) is 2.75. The monoisotopic (exact) mass is 333 g/mol. The fraction of sp³-hybridized carbons (Fsp3) is 0.900. The third-order valence-corrected chi connectivity index (χ3v) is 8.49. The quantitative estimate of drug-likeness (QED) is 0.439. The summed E-state index contributed by atoms with van der Waals surface area (Å²) < 4.78 is 5.72. The lowest BCUT2D eigenvalue weighted by molar-refractivity contribution is -0.158. The van der Waals surface area contributed by atoms with Gasteiger partial charge in [-0.1, -0.05) is 19.0 Å². The summed E-state index contributed by atoms with van der Waals surface area (Å²) in [4.78, 5) is 11.5. The lowest BCUT2D eigenvalue weighted by Gasteiger charge is -2.57. The summed E-state index contributed by atoms with van der Waals surface area (Å²) >= 11 is 0. The molecule has 4 fully saturated rings. The Kier molecular flexibility index (Phi) is 3.74. The number of hydrogen-bond donors (Lipinski definition) is 1. The highest BCUT2D eigenvalue weighted by Gasteiger charge is 2.61. The van der Waals surface area contributed by atoms with Crippen molar-refractivity contribution in [3.8, 4) is 0 Å². The topological polar surface area (TPSA) is 58.9 Å². The van der Waals surface area contributed by atoms with Crippen LogP contribution in [0.4, 0.5) is 0 Å². The molecule has 134 valence electrons. The molecule has 4 nitrogen and oxygen atoms in total. The number of esters is 1. The molecule has 0 aliphatic heterocycles. The van der Waals surface area contributed by atoms with Crippen LogP contribution >= 0.6 is 0 Å². The Hall–Kier alpha value is -1.06. The SMILES string of the molecule is CC(=O)OC1CC[C@H]2[C@@H]3CC[C@H]4C/C(=N\O)C[C@]4(C)[C@H]3CC[C@]12C. The highest BCUT2D eigenvalue weighted by atomic mass is 16.5. The van der Waals surface area contributed by atoms with Gasteiger partial charge in [0.25, 0.3) is 0 Å². The highest BCUT2D eigenvalue weighted by molar-refractivity contribution is 5.87. The summed E-state index contributed by atoms with van der Waals surface area (Å²) in [6.45, 7) is 6.37. The zero-order valence-corrected chi connectivity index (χ0v) is 15.3. The van der Waals surface area contributed by atoms with Gasteiger partial charge in [0.1, 0.15) is 6.10 Å². The first-order chi connectivity index (χ1) is 11.4. The molecule has 0 amide bonds. The molecule has 0 aromatic rings. The van der Waals surface area contributed by atoms with E-state index in [0.29, 0.717) is 17.3 Å². The number of carbonyl (C=O) groups is 1. The Balaban J connectivity index is 1.60. The van der Waals surface area contributed by atoms with Crippen LogP contribution in [-0.4, -0.2) is 23.0 Å². The number of oxime groups is 1. The summed E-state index contributed by atoms with van der Waals surface area (Å²) in [5, 5.41) is 12.9. The fourth-order valence-electron chi connectivity index (χ4n) is 7.36. The van der Waals surface area contributed by atoms with Crippen LogP contribution in [0.1, 0.15) is 72.1 Å². The van der Waals surface area contributed by atoms with Crippen LogP contribution in [-0.2, 0) is 9.53 Å². The lowest BCUT2D eigenvalue weighted by Crippen LogP contribution is -2.51. The molecule has 24 heavy (non-hydrogen) atoms. The van der Waals surface area contributed by atoms with Crippen LogP contribution in [0.2, 0.25) is 0 Å². The Morgan fingerprint density at radius 2 is 1.88 bits per heavy atom. The van der Waals surface area contributed by atoms with Crippen LogP contribution in [0.25, 0.3) is 0 Å². The van der Waals surface area contributed by atoms with E-state index >= 15 is 0 Å². The molecule has 7 atom stereocenters.